The highest BCUT2D eigenvalue weighted by molar-refractivity contribution is 5.36. The zero-order valence-electron chi connectivity index (χ0n) is 11.5. The molecule has 1 fully saturated rings. The Labute approximate surface area is 117 Å². The van der Waals surface area contributed by atoms with Crippen molar-refractivity contribution in [2.75, 3.05) is 24.5 Å². The topological polar surface area (TPSA) is 61.3 Å². The summed E-state index contributed by atoms with van der Waals surface area (Å²) in [4.78, 5) is 2.12. The van der Waals surface area contributed by atoms with Crippen LogP contribution in [0.25, 0.3) is 0 Å². The highest BCUT2D eigenvalue weighted by Gasteiger charge is 2.33. The van der Waals surface area contributed by atoms with Gasteiger partial charge in [0.1, 0.15) is 5.60 Å². The van der Waals surface area contributed by atoms with E-state index in [2.05, 4.69) is 20.4 Å². The van der Waals surface area contributed by atoms with Crippen molar-refractivity contribution in [1.29, 1.82) is 0 Å². The number of hydrogen-bond donors (Lipinski definition) is 2. The largest absolute Gasteiger partial charge is 0.383 e. The van der Waals surface area contributed by atoms with Gasteiger partial charge in [-0.15, -0.1) is 5.10 Å². The van der Waals surface area contributed by atoms with Gasteiger partial charge in [-0.3, -0.25) is 0 Å². The number of hydrogen-bond acceptors (Lipinski definition) is 5. The molecule has 2 heterocycles. The summed E-state index contributed by atoms with van der Waals surface area (Å²) in [6, 6.07) is 3.89. The monoisotopic (exact) mass is 286 g/mol. The summed E-state index contributed by atoms with van der Waals surface area (Å²) in [6.07, 6.45) is 0.547. The minimum Gasteiger partial charge on any atom is -0.383 e. The van der Waals surface area contributed by atoms with Crippen molar-refractivity contribution in [1.82, 2.24) is 15.5 Å². The van der Waals surface area contributed by atoms with Crippen molar-refractivity contribution >= 4 is 5.82 Å². The molecule has 1 aliphatic heterocycles. The number of alkyl halides is 2. The Morgan fingerprint density at radius 1 is 1.50 bits per heavy atom. The molecule has 1 unspecified atom stereocenters. The molecule has 7 heteroatoms. The average molecular weight is 286 g/mol. The summed E-state index contributed by atoms with van der Waals surface area (Å²) >= 11 is 0. The fourth-order valence-corrected chi connectivity index (χ4v) is 2.20. The summed E-state index contributed by atoms with van der Waals surface area (Å²) in [5, 5.41) is 20.4. The van der Waals surface area contributed by atoms with Crippen molar-refractivity contribution in [2.24, 2.45) is 0 Å². The molecule has 0 radical (unpaired) electrons. The number of nitrogens with zero attached hydrogens (tertiary/aromatic N) is 3. The summed E-state index contributed by atoms with van der Waals surface area (Å²) in [5.41, 5.74) is -1.97. The van der Waals surface area contributed by atoms with Gasteiger partial charge in [0.2, 0.25) is 0 Å². The van der Waals surface area contributed by atoms with E-state index in [1.807, 2.05) is 12.1 Å². The van der Waals surface area contributed by atoms with Crippen molar-refractivity contribution in [3.8, 4) is 0 Å². The van der Waals surface area contributed by atoms with Crippen molar-refractivity contribution in [3.63, 3.8) is 0 Å². The lowest BCUT2D eigenvalue weighted by Crippen LogP contribution is -2.50. The van der Waals surface area contributed by atoms with E-state index in [-0.39, 0.29) is 12.6 Å². The quantitative estimate of drug-likeness (QED) is 0.847. The molecule has 2 rings (SSSR count). The molecular formula is C13H20F2N4O. The van der Waals surface area contributed by atoms with Gasteiger partial charge in [0.05, 0.1) is 0 Å². The fraction of sp³-hybridized carbons (Fsp3) is 0.692. The number of rotatable bonds is 5. The van der Waals surface area contributed by atoms with Crippen LogP contribution in [0.1, 0.15) is 19.8 Å². The third kappa shape index (κ3) is 3.83. The molecular weight excluding hydrogens is 266 g/mol. The minimum atomic E-state index is -2.74. The van der Waals surface area contributed by atoms with Crippen LogP contribution in [-0.2, 0) is 0 Å². The number of anilines is 1. The van der Waals surface area contributed by atoms with Crippen LogP contribution >= 0.6 is 0 Å². The molecule has 0 spiro atoms. The van der Waals surface area contributed by atoms with Crippen LogP contribution < -0.4 is 10.2 Å². The molecule has 1 aromatic heterocycles. The molecule has 0 amide bonds. The second kappa shape index (κ2) is 6.41. The van der Waals surface area contributed by atoms with Crippen LogP contribution in [0, 0.1) is 0 Å². The van der Waals surface area contributed by atoms with Crippen LogP contribution in [0.15, 0.2) is 18.3 Å². The van der Waals surface area contributed by atoms with Crippen molar-refractivity contribution in [3.05, 3.63) is 18.3 Å². The summed E-state index contributed by atoms with van der Waals surface area (Å²) < 4.78 is 25.1. The average Bonchev–Trinajstić information content (AvgIpc) is 2.46. The fourth-order valence-electron chi connectivity index (χ4n) is 2.20. The van der Waals surface area contributed by atoms with Gasteiger partial charge >= 0.3 is 0 Å². The van der Waals surface area contributed by atoms with E-state index < -0.39 is 12.0 Å². The van der Waals surface area contributed by atoms with E-state index in [1.54, 1.807) is 6.20 Å². The van der Waals surface area contributed by atoms with Gasteiger partial charge in [-0.2, -0.15) is 5.10 Å². The predicted molar refractivity (Wildman–Crippen MR) is 71.9 cm³/mol. The van der Waals surface area contributed by atoms with Gasteiger partial charge in [-0.05, 0) is 31.9 Å². The highest BCUT2D eigenvalue weighted by atomic mass is 19.3. The smallest absolute Gasteiger partial charge is 0.267 e. The van der Waals surface area contributed by atoms with Gasteiger partial charge in [-0.1, -0.05) is 0 Å². The SMILES string of the molecule is CC(O)(CNC1CCN(c2cccnn2)CC1)C(F)F. The summed E-state index contributed by atoms with van der Waals surface area (Å²) in [5.74, 6) is 0.838. The summed E-state index contributed by atoms with van der Waals surface area (Å²) in [7, 11) is 0. The van der Waals surface area contributed by atoms with Crippen LogP contribution in [0.4, 0.5) is 14.6 Å². The van der Waals surface area contributed by atoms with E-state index >= 15 is 0 Å². The van der Waals surface area contributed by atoms with Gasteiger partial charge < -0.3 is 15.3 Å². The lowest BCUT2D eigenvalue weighted by atomic mass is 10.0. The van der Waals surface area contributed by atoms with Gasteiger partial charge in [0, 0.05) is 31.9 Å². The van der Waals surface area contributed by atoms with E-state index in [1.165, 1.54) is 0 Å². The first-order valence-corrected chi connectivity index (χ1v) is 6.75. The lowest BCUT2D eigenvalue weighted by molar-refractivity contribution is -0.0822. The van der Waals surface area contributed by atoms with Gasteiger partial charge in [-0.25, -0.2) is 8.78 Å². The van der Waals surface area contributed by atoms with E-state index in [0.29, 0.717) is 0 Å². The molecule has 1 aromatic rings. The Kier molecular flexibility index (Phi) is 4.82. The maximum atomic E-state index is 12.5. The Balaban J connectivity index is 1.78. The number of aromatic nitrogens is 2. The third-order valence-corrected chi connectivity index (χ3v) is 3.60. The molecule has 1 aliphatic rings. The number of halogens is 2. The molecule has 0 saturated carbocycles. The number of aliphatic hydroxyl groups is 1. The minimum absolute atomic E-state index is 0.0968. The molecule has 0 bridgehead atoms. The van der Waals surface area contributed by atoms with E-state index in [9.17, 15) is 13.9 Å². The first-order valence-electron chi connectivity index (χ1n) is 6.75. The second-order valence-electron chi connectivity index (χ2n) is 5.38. The van der Waals surface area contributed by atoms with Crippen LogP contribution in [0.2, 0.25) is 0 Å². The van der Waals surface area contributed by atoms with E-state index in [4.69, 9.17) is 0 Å². The zero-order chi connectivity index (χ0) is 14.6. The maximum Gasteiger partial charge on any atom is 0.267 e. The van der Waals surface area contributed by atoms with Crippen LogP contribution in [0.5, 0.6) is 0 Å². The Hall–Kier alpha value is -1.34. The number of piperidine rings is 1. The standard InChI is InChI=1S/C13H20F2N4O/c1-13(20,12(14)15)9-16-10-4-7-19(8-5-10)11-3-2-6-17-18-11/h2-3,6,10,12,16,20H,4-5,7-9H2,1H3. The predicted octanol–water partition coefficient (Wildman–Crippen LogP) is 1.05. The van der Waals surface area contributed by atoms with Gasteiger partial charge in [0.15, 0.2) is 5.82 Å². The molecule has 5 nitrogen and oxygen atoms in total. The molecule has 1 saturated heterocycles. The summed E-state index contributed by atoms with van der Waals surface area (Å²) in [6.45, 7) is 2.65. The van der Waals surface area contributed by atoms with E-state index in [0.717, 1.165) is 38.7 Å². The first-order chi connectivity index (χ1) is 9.49. The van der Waals surface area contributed by atoms with Crippen molar-refractivity contribution < 1.29 is 13.9 Å². The van der Waals surface area contributed by atoms with Crippen LogP contribution in [-0.4, -0.2) is 53.0 Å². The Bertz CT molecular complexity index is 408. The molecule has 1 atom stereocenters. The Morgan fingerprint density at radius 3 is 2.75 bits per heavy atom. The van der Waals surface area contributed by atoms with Crippen LogP contribution in [0.3, 0.4) is 0 Å². The molecule has 20 heavy (non-hydrogen) atoms. The van der Waals surface area contributed by atoms with Crippen molar-refractivity contribution in [2.45, 2.75) is 37.8 Å². The highest BCUT2D eigenvalue weighted by Crippen LogP contribution is 2.18. The maximum absolute atomic E-state index is 12.5. The third-order valence-electron chi connectivity index (χ3n) is 3.60. The normalized spacial score (nSPS) is 20.1. The molecule has 0 aromatic carbocycles. The van der Waals surface area contributed by atoms with Gasteiger partial charge in [0.25, 0.3) is 6.43 Å². The molecule has 112 valence electrons. The first kappa shape index (κ1) is 15.1. The number of nitrogens with one attached hydrogen (secondary N) is 1. The molecule has 2 N–H and O–H groups in total. The lowest BCUT2D eigenvalue weighted by Gasteiger charge is -2.34. The molecule has 0 aliphatic carbocycles. The zero-order valence-corrected chi connectivity index (χ0v) is 11.5. The Morgan fingerprint density at radius 2 is 2.20 bits per heavy atom. The second-order valence-corrected chi connectivity index (χ2v) is 5.38.